The number of hydrogen-bond acceptors (Lipinski definition) is 2. The maximum atomic E-state index is 4.64. The number of hydrogen-bond donors (Lipinski definition) is 2. The minimum Gasteiger partial charge on any atom is -0.359 e. The van der Waals surface area contributed by atoms with Crippen LogP contribution in [0.1, 0.15) is 92.0 Å². The first-order chi connectivity index (χ1) is 16.7. The number of nitrogens with zero attached hydrogens (tertiary/aromatic N) is 2. The summed E-state index contributed by atoms with van der Waals surface area (Å²) in [6.07, 6.45) is 13.7. The van der Waals surface area contributed by atoms with Crippen molar-refractivity contribution >= 4 is 24.6 Å². The van der Waals surface area contributed by atoms with E-state index in [0.717, 1.165) is 43.5 Å². The fourth-order valence-corrected chi connectivity index (χ4v) is 5.60. The van der Waals surface area contributed by atoms with Crippen molar-refractivity contribution in [2.45, 2.75) is 87.5 Å². The lowest BCUT2D eigenvalue weighted by Crippen LogP contribution is -1.95. The summed E-state index contributed by atoms with van der Waals surface area (Å²) in [6.45, 7) is 17.6. The van der Waals surface area contributed by atoms with Gasteiger partial charge in [-0.1, -0.05) is 13.8 Å². The van der Waals surface area contributed by atoms with Crippen molar-refractivity contribution in [1.82, 2.24) is 9.97 Å². The summed E-state index contributed by atoms with van der Waals surface area (Å²) in [5.74, 6) is 0. The lowest BCUT2D eigenvalue weighted by atomic mass is 9.98. The maximum absolute atomic E-state index is 4.64. The number of rotatable bonds is 8. The Morgan fingerprint density at radius 1 is 0.657 bits per heavy atom. The Bertz CT molecular complexity index is 1230. The standard InChI is InChI=1S/C31H40N4/c1-9-24-18(3)16-32-30(24)14-28-20(5)26(22(7)34-28)12-11-13-27-21(6)29(35-23(27)8)15-31-25(10-2)19(4)17-33-31/h14-17,34-35H,9-13H2,1-8H3/b30-14+,31-15?. The average Bonchev–Trinajstić information content (AvgIpc) is 3.51. The third-order valence-electron chi connectivity index (χ3n) is 7.75. The molecule has 0 aromatic carbocycles. The van der Waals surface area contributed by atoms with Crippen LogP contribution in [-0.4, -0.2) is 22.4 Å². The molecule has 0 radical (unpaired) electrons. The topological polar surface area (TPSA) is 56.3 Å². The smallest absolute Gasteiger partial charge is 0.0685 e. The highest BCUT2D eigenvalue weighted by Crippen LogP contribution is 2.31. The molecule has 2 N–H and O–H groups in total. The number of H-pyrrole nitrogens is 2. The Balaban J connectivity index is 1.48. The Hall–Kier alpha value is -3.14. The van der Waals surface area contributed by atoms with E-state index >= 15 is 0 Å². The zero-order chi connectivity index (χ0) is 25.3. The average molecular weight is 469 g/mol. The number of nitrogens with one attached hydrogen (secondary N) is 2. The fourth-order valence-electron chi connectivity index (χ4n) is 5.60. The van der Waals surface area contributed by atoms with E-state index in [1.807, 2.05) is 12.4 Å². The van der Waals surface area contributed by atoms with Crippen LogP contribution in [0.4, 0.5) is 0 Å². The third-order valence-corrected chi connectivity index (χ3v) is 7.75. The van der Waals surface area contributed by atoms with Crippen LogP contribution in [0, 0.1) is 27.7 Å². The minimum absolute atomic E-state index is 1.01. The molecule has 2 aromatic rings. The summed E-state index contributed by atoms with van der Waals surface area (Å²) < 4.78 is 0. The molecule has 4 rings (SSSR count). The van der Waals surface area contributed by atoms with Gasteiger partial charge < -0.3 is 9.97 Å². The molecule has 2 aliphatic rings. The first-order valence-electron chi connectivity index (χ1n) is 13.0. The largest absolute Gasteiger partial charge is 0.359 e. The normalized spacial score (nSPS) is 17.9. The SMILES string of the molecule is CCC1=C(C)C=NC1=Cc1[nH]c(C)c(CCCc2c(C)[nH]c(/C=C3/N=CC(C)=C3CC)c2C)c1C. The van der Waals surface area contributed by atoms with E-state index in [9.17, 15) is 0 Å². The molecule has 4 heterocycles. The van der Waals surface area contributed by atoms with Crippen LogP contribution in [0.3, 0.4) is 0 Å². The minimum atomic E-state index is 1.01. The monoisotopic (exact) mass is 468 g/mol. The Morgan fingerprint density at radius 2 is 1.06 bits per heavy atom. The van der Waals surface area contributed by atoms with Crippen LogP contribution in [0.5, 0.6) is 0 Å². The molecule has 35 heavy (non-hydrogen) atoms. The van der Waals surface area contributed by atoms with E-state index in [1.54, 1.807) is 0 Å². The predicted molar refractivity (Wildman–Crippen MR) is 151 cm³/mol. The van der Waals surface area contributed by atoms with Crippen LogP contribution in [0.25, 0.3) is 12.2 Å². The van der Waals surface area contributed by atoms with Crippen LogP contribution < -0.4 is 0 Å². The molecule has 2 aliphatic heterocycles. The molecule has 0 amide bonds. The van der Waals surface area contributed by atoms with Crippen molar-refractivity contribution in [2.24, 2.45) is 9.98 Å². The van der Waals surface area contributed by atoms with Crippen LogP contribution in [0.15, 0.2) is 43.7 Å². The van der Waals surface area contributed by atoms with Crippen molar-refractivity contribution in [3.8, 4) is 0 Å². The molecule has 2 aromatic heterocycles. The fraction of sp³-hybridized carbons (Fsp3) is 0.419. The van der Waals surface area contributed by atoms with Gasteiger partial charge in [0.15, 0.2) is 0 Å². The van der Waals surface area contributed by atoms with Gasteiger partial charge in [-0.3, -0.25) is 9.98 Å². The molecule has 4 heteroatoms. The van der Waals surface area contributed by atoms with Gasteiger partial charge in [0.25, 0.3) is 0 Å². The van der Waals surface area contributed by atoms with Crippen LogP contribution in [-0.2, 0) is 12.8 Å². The van der Waals surface area contributed by atoms with Gasteiger partial charge in [-0.15, -0.1) is 0 Å². The highest BCUT2D eigenvalue weighted by molar-refractivity contribution is 5.88. The second kappa shape index (κ2) is 10.2. The molecule has 184 valence electrons. The van der Waals surface area contributed by atoms with Gasteiger partial charge in [-0.25, -0.2) is 0 Å². The lowest BCUT2D eigenvalue weighted by Gasteiger charge is -2.06. The van der Waals surface area contributed by atoms with E-state index in [1.165, 1.54) is 67.3 Å². The van der Waals surface area contributed by atoms with Crippen molar-refractivity contribution < 1.29 is 0 Å². The number of allylic oxidation sites excluding steroid dienone is 4. The van der Waals surface area contributed by atoms with Gasteiger partial charge in [0, 0.05) is 35.2 Å². The summed E-state index contributed by atoms with van der Waals surface area (Å²) in [4.78, 5) is 16.5. The van der Waals surface area contributed by atoms with E-state index in [-0.39, 0.29) is 0 Å². The first kappa shape index (κ1) is 25.0. The van der Waals surface area contributed by atoms with Crippen molar-refractivity contribution in [3.05, 3.63) is 78.7 Å². The Labute approximate surface area is 210 Å². The molecule has 0 saturated heterocycles. The summed E-state index contributed by atoms with van der Waals surface area (Å²) in [6, 6.07) is 0. The summed E-state index contributed by atoms with van der Waals surface area (Å²) >= 11 is 0. The van der Waals surface area contributed by atoms with Gasteiger partial charge in [0.2, 0.25) is 0 Å². The van der Waals surface area contributed by atoms with Gasteiger partial charge >= 0.3 is 0 Å². The molecule has 0 unspecified atom stereocenters. The molecule has 0 spiro atoms. The van der Waals surface area contributed by atoms with E-state index < -0.39 is 0 Å². The van der Waals surface area contributed by atoms with Crippen LogP contribution in [0.2, 0.25) is 0 Å². The number of aryl methyl sites for hydroxylation is 2. The second-order valence-corrected chi connectivity index (χ2v) is 9.99. The van der Waals surface area contributed by atoms with Gasteiger partial charge in [-0.05, 0) is 130 Å². The van der Waals surface area contributed by atoms with E-state index in [0.29, 0.717) is 0 Å². The quantitative estimate of drug-likeness (QED) is 0.394. The van der Waals surface area contributed by atoms with Crippen molar-refractivity contribution in [2.75, 3.05) is 0 Å². The van der Waals surface area contributed by atoms with Crippen molar-refractivity contribution in [1.29, 1.82) is 0 Å². The molecular formula is C31H40N4. The predicted octanol–water partition coefficient (Wildman–Crippen LogP) is 8.06. The number of aromatic nitrogens is 2. The maximum Gasteiger partial charge on any atom is 0.0685 e. The highest BCUT2D eigenvalue weighted by atomic mass is 14.8. The van der Waals surface area contributed by atoms with Gasteiger partial charge in [-0.2, -0.15) is 0 Å². The van der Waals surface area contributed by atoms with Crippen molar-refractivity contribution in [3.63, 3.8) is 0 Å². The third kappa shape index (κ3) is 4.84. The zero-order valence-corrected chi connectivity index (χ0v) is 22.7. The Kier molecular flexibility index (Phi) is 7.30. The number of aromatic amines is 2. The first-order valence-corrected chi connectivity index (χ1v) is 13.0. The lowest BCUT2D eigenvalue weighted by molar-refractivity contribution is 0.805. The molecule has 0 saturated carbocycles. The Morgan fingerprint density at radius 3 is 1.43 bits per heavy atom. The summed E-state index contributed by atoms with van der Waals surface area (Å²) in [5, 5.41) is 0. The van der Waals surface area contributed by atoms with Gasteiger partial charge in [0.05, 0.1) is 11.4 Å². The van der Waals surface area contributed by atoms with E-state index in [2.05, 4.69) is 87.5 Å². The molecule has 0 atom stereocenters. The summed E-state index contributed by atoms with van der Waals surface area (Å²) in [5.41, 5.74) is 18.0. The molecule has 4 nitrogen and oxygen atoms in total. The highest BCUT2D eigenvalue weighted by Gasteiger charge is 2.17. The zero-order valence-electron chi connectivity index (χ0n) is 22.7. The molecule has 0 fully saturated rings. The molecular weight excluding hydrogens is 428 g/mol. The van der Waals surface area contributed by atoms with Gasteiger partial charge in [0.1, 0.15) is 0 Å². The summed E-state index contributed by atoms with van der Waals surface area (Å²) in [7, 11) is 0. The second-order valence-electron chi connectivity index (χ2n) is 9.99. The molecule has 0 aliphatic carbocycles. The van der Waals surface area contributed by atoms with Crippen LogP contribution >= 0.6 is 0 Å². The number of aliphatic imine (C=N–C) groups is 2. The molecule has 0 bridgehead atoms. The van der Waals surface area contributed by atoms with E-state index in [4.69, 9.17) is 0 Å².